The smallest absolute Gasteiger partial charge is 0.410 e. The van der Waals surface area contributed by atoms with Gasteiger partial charge in [-0.2, -0.15) is 0 Å². The van der Waals surface area contributed by atoms with E-state index in [1.54, 1.807) is 24.3 Å². The van der Waals surface area contributed by atoms with Crippen molar-refractivity contribution in [2.24, 2.45) is 0 Å². The Hall–Kier alpha value is -2.60. The molecule has 0 saturated carbocycles. The number of amides is 1. The van der Waals surface area contributed by atoms with Gasteiger partial charge in [-0.25, -0.2) is 9.18 Å². The van der Waals surface area contributed by atoms with Crippen LogP contribution >= 0.6 is 11.6 Å². The molecular formula is C17H15ClFNO4. The summed E-state index contributed by atoms with van der Waals surface area (Å²) >= 11 is 5.92. The summed E-state index contributed by atoms with van der Waals surface area (Å²) in [6.45, 7) is -0.940. The molecule has 0 aromatic heterocycles. The van der Waals surface area contributed by atoms with Crippen molar-refractivity contribution in [3.63, 3.8) is 0 Å². The van der Waals surface area contributed by atoms with Crippen molar-refractivity contribution in [3.05, 3.63) is 70.5 Å². The topological polar surface area (TPSA) is 66.8 Å². The second-order valence-corrected chi connectivity index (χ2v) is 5.40. The molecule has 2 rings (SSSR count). The Balaban J connectivity index is 2.09. The third-order valence-electron chi connectivity index (χ3n) is 3.20. The first-order valence-electron chi connectivity index (χ1n) is 7.07. The quantitative estimate of drug-likeness (QED) is 0.861. The van der Waals surface area contributed by atoms with E-state index in [2.05, 4.69) is 0 Å². The maximum atomic E-state index is 13.9. The molecule has 0 unspecified atom stereocenters. The molecule has 24 heavy (non-hydrogen) atoms. The maximum Gasteiger partial charge on any atom is 0.410 e. The number of ether oxygens (including phenoxy) is 1. The third kappa shape index (κ3) is 4.96. The molecular weight excluding hydrogens is 337 g/mol. The Bertz CT molecular complexity index is 704. The number of hydrogen-bond donors (Lipinski definition) is 1. The summed E-state index contributed by atoms with van der Waals surface area (Å²) in [5.41, 5.74) is 0.794. The van der Waals surface area contributed by atoms with Crippen molar-refractivity contribution in [3.8, 4) is 0 Å². The summed E-state index contributed by atoms with van der Waals surface area (Å²) in [6.07, 6.45) is -0.861. The van der Waals surface area contributed by atoms with E-state index in [1.165, 1.54) is 18.2 Å². The molecule has 0 fully saturated rings. The molecule has 0 saturated heterocycles. The van der Waals surface area contributed by atoms with Crippen LogP contribution in [0.2, 0.25) is 5.02 Å². The summed E-state index contributed by atoms with van der Waals surface area (Å²) < 4.78 is 19.0. The van der Waals surface area contributed by atoms with Crippen LogP contribution in [0.5, 0.6) is 0 Å². The van der Waals surface area contributed by atoms with Crippen LogP contribution in [0.3, 0.4) is 0 Å². The Morgan fingerprint density at radius 3 is 2.46 bits per heavy atom. The molecule has 5 nitrogen and oxygen atoms in total. The van der Waals surface area contributed by atoms with Gasteiger partial charge in [-0.15, -0.1) is 0 Å². The molecule has 126 valence electrons. The van der Waals surface area contributed by atoms with Gasteiger partial charge in [-0.3, -0.25) is 9.69 Å². The fourth-order valence-electron chi connectivity index (χ4n) is 2.03. The van der Waals surface area contributed by atoms with Crippen LogP contribution in [0.4, 0.5) is 9.18 Å². The highest BCUT2D eigenvalue weighted by Crippen LogP contribution is 2.21. The lowest BCUT2D eigenvalue weighted by Gasteiger charge is -2.21. The Kier molecular flexibility index (Phi) is 6.14. The normalized spacial score (nSPS) is 10.2. The van der Waals surface area contributed by atoms with E-state index in [1.807, 2.05) is 6.07 Å². The third-order valence-corrected chi connectivity index (χ3v) is 3.55. The average Bonchev–Trinajstić information content (AvgIpc) is 2.55. The molecule has 0 spiro atoms. The van der Waals surface area contributed by atoms with Gasteiger partial charge in [0.05, 0.1) is 6.54 Å². The number of carbonyl (C=O) groups excluding carboxylic acids is 1. The first-order valence-corrected chi connectivity index (χ1v) is 7.45. The number of carboxylic acids is 1. The van der Waals surface area contributed by atoms with Crippen LogP contribution < -0.4 is 0 Å². The standard InChI is InChI=1S/C17H15ClFNO4/c18-14-7-4-8-15(19)13(14)9-20(10-16(21)22)17(23)24-11-12-5-2-1-3-6-12/h1-8H,9-11H2,(H,21,22). The highest BCUT2D eigenvalue weighted by molar-refractivity contribution is 6.31. The van der Waals surface area contributed by atoms with Crippen molar-refractivity contribution in [1.29, 1.82) is 0 Å². The van der Waals surface area contributed by atoms with Crippen LogP contribution in [0.25, 0.3) is 0 Å². The Morgan fingerprint density at radius 1 is 1.12 bits per heavy atom. The van der Waals surface area contributed by atoms with Crippen molar-refractivity contribution in [2.75, 3.05) is 6.54 Å². The first-order chi connectivity index (χ1) is 11.5. The maximum absolute atomic E-state index is 13.9. The van der Waals surface area contributed by atoms with Crippen molar-refractivity contribution in [2.45, 2.75) is 13.2 Å². The highest BCUT2D eigenvalue weighted by Gasteiger charge is 2.21. The molecule has 0 heterocycles. The molecule has 0 aliphatic rings. The number of rotatable bonds is 6. The van der Waals surface area contributed by atoms with Crippen LogP contribution in [-0.4, -0.2) is 28.6 Å². The minimum atomic E-state index is -1.24. The van der Waals surface area contributed by atoms with Crippen molar-refractivity contribution >= 4 is 23.7 Å². The second-order valence-electron chi connectivity index (χ2n) is 4.99. The van der Waals surface area contributed by atoms with Gasteiger partial charge in [-0.1, -0.05) is 48.0 Å². The van der Waals surface area contributed by atoms with Gasteiger partial charge >= 0.3 is 12.1 Å². The van der Waals surface area contributed by atoms with Gasteiger partial charge in [0.1, 0.15) is 19.0 Å². The van der Waals surface area contributed by atoms with E-state index < -0.39 is 24.4 Å². The molecule has 0 aliphatic carbocycles. The van der Waals surface area contributed by atoms with Crippen LogP contribution in [0.1, 0.15) is 11.1 Å². The van der Waals surface area contributed by atoms with Crippen LogP contribution in [-0.2, 0) is 22.7 Å². The van der Waals surface area contributed by atoms with Gasteiger partial charge in [0, 0.05) is 10.6 Å². The van der Waals surface area contributed by atoms with Gasteiger partial charge in [0.2, 0.25) is 0 Å². The number of hydrogen-bond acceptors (Lipinski definition) is 3. The zero-order chi connectivity index (χ0) is 17.5. The van der Waals surface area contributed by atoms with E-state index in [0.717, 1.165) is 10.5 Å². The number of aliphatic carboxylic acids is 1. The fraction of sp³-hybridized carbons (Fsp3) is 0.176. The van der Waals surface area contributed by atoms with E-state index in [9.17, 15) is 14.0 Å². The molecule has 7 heteroatoms. The SMILES string of the molecule is O=C(O)CN(Cc1c(F)cccc1Cl)C(=O)OCc1ccccc1. The summed E-state index contributed by atoms with van der Waals surface area (Å²) in [4.78, 5) is 24.0. The average molecular weight is 352 g/mol. The number of carbonyl (C=O) groups is 2. The van der Waals surface area contributed by atoms with Crippen molar-refractivity contribution in [1.82, 2.24) is 4.90 Å². The molecule has 0 radical (unpaired) electrons. The minimum absolute atomic E-state index is 0.0131. The monoisotopic (exact) mass is 351 g/mol. The summed E-state index contributed by atoms with van der Waals surface area (Å²) in [5, 5.41) is 9.07. The van der Waals surface area contributed by atoms with Crippen LogP contribution in [0.15, 0.2) is 48.5 Å². The predicted octanol–water partition coefficient (Wildman–Crippen LogP) is 3.70. The zero-order valence-electron chi connectivity index (χ0n) is 12.6. The largest absolute Gasteiger partial charge is 0.480 e. The Morgan fingerprint density at radius 2 is 1.83 bits per heavy atom. The number of nitrogens with zero attached hydrogens (tertiary/aromatic N) is 1. The van der Waals surface area contributed by atoms with Gasteiger partial charge < -0.3 is 9.84 Å². The molecule has 0 atom stereocenters. The first kappa shape index (κ1) is 17.7. The lowest BCUT2D eigenvalue weighted by Crippen LogP contribution is -2.35. The lowest BCUT2D eigenvalue weighted by atomic mass is 10.2. The lowest BCUT2D eigenvalue weighted by molar-refractivity contribution is -0.138. The number of halogens is 2. The Labute approximate surface area is 143 Å². The van der Waals surface area contributed by atoms with E-state index in [0.29, 0.717) is 0 Å². The van der Waals surface area contributed by atoms with E-state index in [-0.39, 0.29) is 23.7 Å². The molecule has 0 aliphatic heterocycles. The second kappa shape index (κ2) is 8.31. The fourth-order valence-corrected chi connectivity index (χ4v) is 2.26. The molecule has 1 amide bonds. The van der Waals surface area contributed by atoms with E-state index in [4.69, 9.17) is 21.4 Å². The minimum Gasteiger partial charge on any atom is -0.480 e. The number of benzene rings is 2. The number of carboxylic acid groups (broad SMARTS) is 1. The molecule has 2 aromatic carbocycles. The zero-order valence-corrected chi connectivity index (χ0v) is 13.4. The molecule has 0 bridgehead atoms. The van der Waals surface area contributed by atoms with Crippen LogP contribution in [0, 0.1) is 5.82 Å². The molecule has 2 aromatic rings. The predicted molar refractivity (Wildman–Crippen MR) is 86.1 cm³/mol. The summed E-state index contributed by atoms with van der Waals surface area (Å²) in [5.74, 6) is -1.85. The van der Waals surface area contributed by atoms with Gasteiger partial charge in [-0.05, 0) is 17.7 Å². The summed E-state index contributed by atoms with van der Waals surface area (Å²) in [7, 11) is 0. The van der Waals surface area contributed by atoms with Crippen molar-refractivity contribution < 1.29 is 23.8 Å². The molecule has 1 N–H and O–H groups in total. The van der Waals surface area contributed by atoms with Gasteiger partial charge in [0.15, 0.2) is 0 Å². The van der Waals surface area contributed by atoms with E-state index >= 15 is 0 Å². The summed E-state index contributed by atoms with van der Waals surface area (Å²) in [6, 6.07) is 13.0. The highest BCUT2D eigenvalue weighted by atomic mass is 35.5. The van der Waals surface area contributed by atoms with Gasteiger partial charge in [0.25, 0.3) is 0 Å².